The number of hydrogen-bond acceptors (Lipinski definition) is 4. The Hall–Kier alpha value is -1.51. The van der Waals surface area contributed by atoms with E-state index in [4.69, 9.17) is 0 Å². The van der Waals surface area contributed by atoms with Crippen molar-refractivity contribution in [2.24, 2.45) is 0 Å². The molecule has 0 atom stereocenters. The molecular formula is C13H13F2IN4. The van der Waals surface area contributed by atoms with E-state index in [1.54, 1.807) is 0 Å². The van der Waals surface area contributed by atoms with E-state index in [-0.39, 0.29) is 11.6 Å². The topological polar surface area (TPSA) is 49.8 Å². The van der Waals surface area contributed by atoms with Gasteiger partial charge in [0.25, 0.3) is 0 Å². The Bertz CT molecular complexity index is 607. The van der Waals surface area contributed by atoms with E-state index in [0.717, 1.165) is 12.6 Å². The minimum Gasteiger partial charge on any atom is -0.354 e. The van der Waals surface area contributed by atoms with E-state index in [2.05, 4.69) is 20.6 Å². The third-order valence-corrected chi connectivity index (χ3v) is 3.35. The van der Waals surface area contributed by atoms with Crippen molar-refractivity contribution in [2.45, 2.75) is 13.3 Å². The lowest BCUT2D eigenvalue weighted by Crippen LogP contribution is -2.07. The van der Waals surface area contributed by atoms with Gasteiger partial charge in [0.1, 0.15) is 5.82 Å². The van der Waals surface area contributed by atoms with E-state index in [0.29, 0.717) is 21.8 Å². The first-order valence-corrected chi connectivity index (χ1v) is 7.16. The van der Waals surface area contributed by atoms with Crippen LogP contribution in [0.25, 0.3) is 0 Å². The first-order valence-electron chi connectivity index (χ1n) is 6.08. The van der Waals surface area contributed by atoms with Crippen molar-refractivity contribution in [3.05, 3.63) is 39.6 Å². The van der Waals surface area contributed by atoms with Crippen LogP contribution in [-0.2, 0) is 0 Å². The molecule has 0 fully saturated rings. The van der Waals surface area contributed by atoms with Crippen molar-refractivity contribution in [3.63, 3.8) is 0 Å². The van der Waals surface area contributed by atoms with E-state index < -0.39 is 5.82 Å². The molecule has 7 heteroatoms. The van der Waals surface area contributed by atoms with Crippen molar-refractivity contribution in [3.8, 4) is 0 Å². The predicted octanol–water partition coefficient (Wildman–Crippen LogP) is 3.92. The van der Waals surface area contributed by atoms with Gasteiger partial charge in [-0.05, 0) is 47.2 Å². The molecular weight excluding hydrogens is 377 g/mol. The summed E-state index contributed by atoms with van der Waals surface area (Å²) in [6, 6.07) is 4.20. The minimum atomic E-state index is -0.563. The van der Waals surface area contributed by atoms with E-state index in [9.17, 15) is 8.78 Å². The van der Waals surface area contributed by atoms with Gasteiger partial charge < -0.3 is 10.6 Å². The van der Waals surface area contributed by atoms with E-state index in [1.165, 1.54) is 18.2 Å². The molecule has 1 aromatic heterocycles. The second kappa shape index (κ2) is 6.78. The monoisotopic (exact) mass is 390 g/mol. The highest BCUT2D eigenvalue weighted by molar-refractivity contribution is 14.1. The molecule has 2 rings (SSSR count). The highest BCUT2D eigenvalue weighted by Gasteiger charge is 2.09. The number of halogens is 3. The lowest BCUT2D eigenvalue weighted by atomic mass is 10.3. The third kappa shape index (κ3) is 3.75. The SMILES string of the molecule is CCCNc1ncc(F)c(Nc2ccc(F)cc2I)n1. The van der Waals surface area contributed by atoms with Gasteiger partial charge in [0.15, 0.2) is 11.6 Å². The highest BCUT2D eigenvalue weighted by atomic mass is 127. The average Bonchev–Trinajstić information content (AvgIpc) is 2.42. The lowest BCUT2D eigenvalue weighted by molar-refractivity contribution is 0.619. The van der Waals surface area contributed by atoms with Crippen LogP contribution in [0.3, 0.4) is 0 Å². The number of rotatable bonds is 5. The summed E-state index contributed by atoms with van der Waals surface area (Å²) in [7, 11) is 0. The van der Waals surface area contributed by atoms with Crippen LogP contribution >= 0.6 is 22.6 Å². The summed E-state index contributed by atoms with van der Waals surface area (Å²) >= 11 is 1.97. The van der Waals surface area contributed by atoms with Gasteiger partial charge in [-0.25, -0.2) is 13.8 Å². The maximum atomic E-state index is 13.7. The van der Waals surface area contributed by atoms with Gasteiger partial charge in [-0.2, -0.15) is 4.98 Å². The van der Waals surface area contributed by atoms with Crippen molar-refractivity contribution in [1.82, 2.24) is 9.97 Å². The second-order valence-corrected chi connectivity index (χ2v) is 5.23. The van der Waals surface area contributed by atoms with Gasteiger partial charge in [0.2, 0.25) is 5.95 Å². The van der Waals surface area contributed by atoms with Crippen LogP contribution in [-0.4, -0.2) is 16.5 Å². The van der Waals surface area contributed by atoms with E-state index in [1.807, 2.05) is 29.5 Å². The quantitative estimate of drug-likeness (QED) is 0.760. The average molecular weight is 390 g/mol. The fourth-order valence-electron chi connectivity index (χ4n) is 1.50. The summed E-state index contributed by atoms with van der Waals surface area (Å²) in [6.45, 7) is 2.72. The summed E-state index contributed by atoms with van der Waals surface area (Å²) < 4.78 is 27.4. The maximum Gasteiger partial charge on any atom is 0.224 e. The van der Waals surface area contributed by atoms with Crippen LogP contribution in [0.15, 0.2) is 24.4 Å². The molecule has 20 heavy (non-hydrogen) atoms. The molecule has 0 aliphatic rings. The molecule has 0 aliphatic heterocycles. The molecule has 0 aliphatic carbocycles. The molecule has 0 bridgehead atoms. The van der Waals surface area contributed by atoms with Crippen LogP contribution in [0, 0.1) is 15.2 Å². The minimum absolute atomic E-state index is 0.0585. The molecule has 1 heterocycles. The van der Waals surface area contributed by atoms with Crippen LogP contribution in [0.1, 0.15) is 13.3 Å². The highest BCUT2D eigenvalue weighted by Crippen LogP contribution is 2.24. The largest absolute Gasteiger partial charge is 0.354 e. The summed E-state index contributed by atoms with van der Waals surface area (Å²) in [5, 5.41) is 5.82. The van der Waals surface area contributed by atoms with Gasteiger partial charge in [-0.1, -0.05) is 6.92 Å². The Morgan fingerprint density at radius 3 is 2.80 bits per heavy atom. The number of benzene rings is 1. The van der Waals surface area contributed by atoms with Crippen LogP contribution in [0.5, 0.6) is 0 Å². The molecule has 0 saturated carbocycles. The molecule has 1 aromatic carbocycles. The molecule has 0 radical (unpaired) electrons. The van der Waals surface area contributed by atoms with Crippen LogP contribution in [0.2, 0.25) is 0 Å². The Kier molecular flexibility index (Phi) is 5.05. The predicted molar refractivity (Wildman–Crippen MR) is 83.2 cm³/mol. The van der Waals surface area contributed by atoms with Crippen LogP contribution in [0.4, 0.5) is 26.2 Å². The summed E-state index contributed by atoms with van der Waals surface area (Å²) in [5.41, 5.74) is 0.589. The normalized spacial score (nSPS) is 10.4. The van der Waals surface area contributed by atoms with E-state index >= 15 is 0 Å². The Balaban J connectivity index is 2.23. The zero-order chi connectivity index (χ0) is 14.5. The Labute approximate surface area is 129 Å². The number of aromatic nitrogens is 2. The molecule has 0 unspecified atom stereocenters. The van der Waals surface area contributed by atoms with Gasteiger partial charge in [-0.15, -0.1) is 0 Å². The molecule has 0 amide bonds. The maximum absolute atomic E-state index is 13.7. The Morgan fingerprint density at radius 1 is 1.30 bits per heavy atom. The molecule has 106 valence electrons. The standard InChI is InChI=1S/C13H13F2IN4/c1-2-5-17-13-18-7-9(15)12(20-13)19-11-4-3-8(14)6-10(11)16/h3-4,6-7H,2,5H2,1H3,(H2,17,18,19,20). The lowest BCUT2D eigenvalue weighted by Gasteiger charge is -2.10. The molecule has 2 N–H and O–H groups in total. The van der Waals surface area contributed by atoms with Crippen molar-refractivity contribution in [1.29, 1.82) is 0 Å². The summed E-state index contributed by atoms with van der Waals surface area (Å²) in [4.78, 5) is 7.92. The zero-order valence-electron chi connectivity index (χ0n) is 10.8. The van der Waals surface area contributed by atoms with Gasteiger partial charge >= 0.3 is 0 Å². The molecule has 0 spiro atoms. The Morgan fingerprint density at radius 2 is 2.10 bits per heavy atom. The molecule has 2 aromatic rings. The van der Waals surface area contributed by atoms with Gasteiger partial charge in [0.05, 0.1) is 11.9 Å². The summed E-state index contributed by atoms with van der Waals surface area (Å²) in [6.07, 6.45) is 2.02. The summed E-state index contributed by atoms with van der Waals surface area (Å²) in [5.74, 6) is -0.489. The van der Waals surface area contributed by atoms with Crippen molar-refractivity contribution >= 4 is 40.0 Å². The number of hydrogen-bond donors (Lipinski definition) is 2. The fraction of sp³-hybridized carbons (Fsp3) is 0.231. The molecule has 0 saturated heterocycles. The third-order valence-electron chi connectivity index (χ3n) is 2.46. The van der Waals surface area contributed by atoms with Gasteiger partial charge in [-0.3, -0.25) is 0 Å². The smallest absolute Gasteiger partial charge is 0.224 e. The van der Waals surface area contributed by atoms with Crippen LogP contribution < -0.4 is 10.6 Å². The van der Waals surface area contributed by atoms with Gasteiger partial charge in [0, 0.05) is 10.1 Å². The first kappa shape index (κ1) is 14.9. The van der Waals surface area contributed by atoms with Crippen molar-refractivity contribution < 1.29 is 8.78 Å². The number of nitrogens with zero attached hydrogens (tertiary/aromatic N) is 2. The van der Waals surface area contributed by atoms with Crippen molar-refractivity contribution in [2.75, 3.05) is 17.2 Å². The zero-order valence-corrected chi connectivity index (χ0v) is 12.9. The number of nitrogens with one attached hydrogen (secondary N) is 2. The first-order chi connectivity index (χ1) is 9.60. The second-order valence-electron chi connectivity index (χ2n) is 4.07. The fourth-order valence-corrected chi connectivity index (χ4v) is 2.11. The number of anilines is 3. The molecule has 4 nitrogen and oxygen atoms in total.